The van der Waals surface area contributed by atoms with Crippen LogP contribution in [-0.4, -0.2) is 40.4 Å². The molecule has 1 aliphatic rings. The molecule has 1 aromatic heterocycles. The maximum Gasteiger partial charge on any atom is 0.290 e. The summed E-state index contributed by atoms with van der Waals surface area (Å²) in [6, 6.07) is 17.6. The van der Waals surface area contributed by atoms with Crippen molar-refractivity contribution in [1.29, 1.82) is 0 Å². The van der Waals surface area contributed by atoms with E-state index in [2.05, 4.69) is 22.8 Å². The lowest BCUT2D eigenvalue weighted by Crippen LogP contribution is -2.47. The van der Waals surface area contributed by atoms with Crippen LogP contribution in [0.2, 0.25) is 10.0 Å². The molecule has 1 atom stereocenters. The van der Waals surface area contributed by atoms with Crippen LogP contribution < -0.4 is 10.5 Å². The van der Waals surface area contributed by atoms with E-state index in [1.165, 1.54) is 0 Å². The minimum atomic E-state index is -0.183. The summed E-state index contributed by atoms with van der Waals surface area (Å²) in [4.78, 5) is 17.5. The highest BCUT2D eigenvalue weighted by molar-refractivity contribution is 6.33. The first-order chi connectivity index (χ1) is 14.0. The summed E-state index contributed by atoms with van der Waals surface area (Å²) >= 11 is 12.9. The van der Waals surface area contributed by atoms with E-state index in [0.717, 1.165) is 48.3 Å². The molecule has 1 saturated heterocycles. The zero-order valence-electron chi connectivity index (χ0n) is 16.6. The molecule has 0 radical (unpaired) electrons. The van der Waals surface area contributed by atoms with Crippen molar-refractivity contribution in [3.63, 3.8) is 0 Å². The summed E-state index contributed by atoms with van der Waals surface area (Å²) < 4.78 is 3.51. The minimum Gasteiger partial charge on any atom is -0.368 e. The van der Waals surface area contributed by atoms with Crippen molar-refractivity contribution in [3.8, 4) is 5.69 Å². The van der Waals surface area contributed by atoms with Gasteiger partial charge in [0.05, 0.1) is 28.1 Å². The van der Waals surface area contributed by atoms with E-state index in [-0.39, 0.29) is 16.6 Å². The van der Waals surface area contributed by atoms with Crippen molar-refractivity contribution in [2.45, 2.75) is 13.0 Å². The van der Waals surface area contributed by atoms with Crippen LogP contribution in [0, 0.1) is 0 Å². The van der Waals surface area contributed by atoms with Crippen LogP contribution in [0.1, 0.15) is 18.7 Å². The van der Waals surface area contributed by atoms with Crippen LogP contribution in [0.4, 0.5) is 5.69 Å². The number of hydrogen-bond acceptors (Lipinski definition) is 3. The number of halogens is 2. The highest BCUT2D eigenvalue weighted by Gasteiger charge is 2.29. The number of piperazine rings is 1. The maximum absolute atomic E-state index is 12.8. The van der Waals surface area contributed by atoms with Crippen molar-refractivity contribution in [2.75, 3.05) is 31.1 Å². The van der Waals surface area contributed by atoms with E-state index >= 15 is 0 Å². The van der Waals surface area contributed by atoms with Crippen molar-refractivity contribution >= 4 is 28.9 Å². The van der Waals surface area contributed by atoms with Gasteiger partial charge >= 0.3 is 0 Å². The highest BCUT2D eigenvalue weighted by atomic mass is 35.5. The molecule has 3 aromatic rings. The smallest absolute Gasteiger partial charge is 0.290 e. The first-order valence-electron chi connectivity index (χ1n) is 9.75. The lowest BCUT2D eigenvalue weighted by atomic mass is 10.1. The third kappa shape index (κ3) is 3.70. The average Bonchev–Trinajstić information content (AvgIpc) is 2.97. The lowest BCUT2D eigenvalue weighted by molar-refractivity contribution is 0.191. The lowest BCUT2D eigenvalue weighted by Gasteiger charge is -2.39. The zero-order valence-corrected chi connectivity index (χ0v) is 18.1. The van der Waals surface area contributed by atoms with Crippen LogP contribution in [0.25, 0.3) is 5.69 Å². The Morgan fingerprint density at radius 2 is 1.52 bits per heavy atom. The number of anilines is 1. The van der Waals surface area contributed by atoms with Gasteiger partial charge in [-0.1, -0.05) is 53.5 Å². The van der Waals surface area contributed by atoms with Crippen LogP contribution in [0.15, 0.2) is 59.4 Å². The summed E-state index contributed by atoms with van der Waals surface area (Å²) in [5.74, 6) is 0. The fourth-order valence-corrected chi connectivity index (χ4v) is 4.75. The predicted molar refractivity (Wildman–Crippen MR) is 120 cm³/mol. The molecule has 5 nitrogen and oxygen atoms in total. The topological polar surface area (TPSA) is 33.4 Å². The Labute approximate surface area is 180 Å². The van der Waals surface area contributed by atoms with Gasteiger partial charge < -0.3 is 4.90 Å². The van der Waals surface area contributed by atoms with Crippen molar-refractivity contribution in [1.82, 2.24) is 14.3 Å². The predicted octanol–water partition coefficient (Wildman–Crippen LogP) is 4.37. The Balaban J connectivity index is 1.56. The van der Waals surface area contributed by atoms with Crippen LogP contribution in [0.5, 0.6) is 0 Å². The SMILES string of the molecule is CC(c1c(Cl)c(=O)n(-c2ccccc2)n1C)N1CCN(c2ccccc2Cl)CC1. The van der Waals surface area contributed by atoms with E-state index in [0.29, 0.717) is 0 Å². The van der Waals surface area contributed by atoms with Gasteiger partial charge in [-0.15, -0.1) is 0 Å². The fraction of sp³-hybridized carbons (Fsp3) is 0.318. The van der Waals surface area contributed by atoms with E-state index < -0.39 is 0 Å². The van der Waals surface area contributed by atoms with Crippen molar-refractivity contribution in [2.24, 2.45) is 7.05 Å². The Kier molecular flexibility index (Phi) is 5.72. The summed E-state index contributed by atoms with van der Waals surface area (Å²) in [6.07, 6.45) is 0. The average molecular weight is 431 g/mol. The van der Waals surface area contributed by atoms with Gasteiger partial charge in [-0.3, -0.25) is 14.4 Å². The van der Waals surface area contributed by atoms with E-state index in [1.807, 2.05) is 60.3 Å². The van der Waals surface area contributed by atoms with Crippen molar-refractivity contribution in [3.05, 3.63) is 80.7 Å². The third-order valence-corrected chi connectivity index (χ3v) is 6.38. The molecule has 0 bridgehead atoms. The van der Waals surface area contributed by atoms with E-state index in [9.17, 15) is 4.79 Å². The molecule has 0 amide bonds. The molecule has 2 aromatic carbocycles. The minimum absolute atomic E-state index is 0.0264. The van der Waals surface area contributed by atoms with Gasteiger partial charge in [0.1, 0.15) is 5.02 Å². The molecule has 0 spiro atoms. The molecule has 1 aliphatic heterocycles. The first kappa shape index (κ1) is 20.1. The molecule has 0 saturated carbocycles. The Bertz CT molecular complexity index is 1050. The third-order valence-electron chi connectivity index (χ3n) is 5.71. The number of nitrogens with zero attached hydrogens (tertiary/aromatic N) is 4. The molecular formula is C22H24Cl2N4O. The van der Waals surface area contributed by atoms with Crippen LogP contribution in [-0.2, 0) is 7.05 Å². The van der Waals surface area contributed by atoms with Gasteiger partial charge in [0.2, 0.25) is 0 Å². The molecular weight excluding hydrogens is 407 g/mol. The second-order valence-corrected chi connectivity index (χ2v) is 8.11. The van der Waals surface area contributed by atoms with Gasteiger partial charge in [-0.25, -0.2) is 4.68 Å². The van der Waals surface area contributed by atoms with Crippen LogP contribution in [0.3, 0.4) is 0 Å². The van der Waals surface area contributed by atoms with Gasteiger partial charge in [0.25, 0.3) is 5.56 Å². The Hall–Kier alpha value is -2.21. The molecule has 152 valence electrons. The summed E-state index contributed by atoms with van der Waals surface area (Å²) in [6.45, 7) is 5.60. The number of rotatable bonds is 4. The molecule has 1 unspecified atom stereocenters. The largest absolute Gasteiger partial charge is 0.368 e. The van der Waals surface area contributed by atoms with Gasteiger partial charge in [0, 0.05) is 33.2 Å². The second-order valence-electron chi connectivity index (χ2n) is 7.33. The van der Waals surface area contributed by atoms with Gasteiger partial charge in [0.15, 0.2) is 0 Å². The normalized spacial score (nSPS) is 16.2. The standard InChI is InChI=1S/C22H24Cl2N4O/c1-16(26-12-14-27(15-13-26)19-11-7-6-10-18(19)23)21-20(24)22(29)28(25(21)2)17-8-4-3-5-9-17/h3-11,16H,12-15H2,1-2H3. The number of para-hydroxylation sites is 2. The van der Waals surface area contributed by atoms with Crippen molar-refractivity contribution < 1.29 is 0 Å². The van der Waals surface area contributed by atoms with Gasteiger partial charge in [-0.2, -0.15) is 0 Å². The summed E-state index contributed by atoms with van der Waals surface area (Å²) in [5, 5.41) is 1.07. The molecule has 4 rings (SSSR count). The molecule has 29 heavy (non-hydrogen) atoms. The summed E-state index contributed by atoms with van der Waals surface area (Å²) in [5.41, 5.74) is 2.54. The molecule has 7 heteroatoms. The summed E-state index contributed by atoms with van der Waals surface area (Å²) in [7, 11) is 1.89. The Morgan fingerprint density at radius 1 is 0.897 bits per heavy atom. The number of aromatic nitrogens is 2. The van der Waals surface area contributed by atoms with Gasteiger partial charge in [-0.05, 0) is 31.2 Å². The van der Waals surface area contributed by atoms with E-state index in [1.54, 1.807) is 4.68 Å². The quantitative estimate of drug-likeness (QED) is 0.616. The number of hydrogen-bond donors (Lipinski definition) is 0. The molecule has 1 fully saturated rings. The first-order valence-corrected chi connectivity index (χ1v) is 10.5. The monoisotopic (exact) mass is 430 g/mol. The molecule has 2 heterocycles. The highest BCUT2D eigenvalue weighted by Crippen LogP contribution is 2.30. The fourth-order valence-electron chi connectivity index (χ4n) is 4.13. The van der Waals surface area contributed by atoms with E-state index in [4.69, 9.17) is 23.2 Å². The maximum atomic E-state index is 12.8. The molecule has 0 N–H and O–H groups in total. The zero-order chi connectivity index (χ0) is 20.5. The molecule has 0 aliphatic carbocycles. The number of benzene rings is 2. The Morgan fingerprint density at radius 3 is 2.17 bits per heavy atom. The second kappa shape index (κ2) is 8.27. The van der Waals surface area contributed by atoms with Crippen LogP contribution >= 0.6 is 23.2 Å².